The van der Waals surface area contributed by atoms with E-state index in [1.54, 1.807) is 14.0 Å². The van der Waals surface area contributed by atoms with Crippen molar-refractivity contribution in [2.75, 3.05) is 12.8 Å². The monoisotopic (exact) mass is 279 g/mol. The fraction of sp³-hybridized carbons (Fsp3) is 0.308. The van der Waals surface area contributed by atoms with E-state index in [1.807, 2.05) is 36.4 Å². The largest absolute Gasteiger partial charge is 0.281 e. The van der Waals surface area contributed by atoms with Gasteiger partial charge in [0.2, 0.25) is 10.0 Å². The van der Waals surface area contributed by atoms with Crippen LogP contribution >= 0.6 is 0 Å². The molecule has 0 aliphatic rings. The molecule has 0 aliphatic carbocycles. The van der Waals surface area contributed by atoms with Crippen LogP contribution in [-0.2, 0) is 16.6 Å². The van der Waals surface area contributed by atoms with Crippen LogP contribution in [0.3, 0.4) is 0 Å². The van der Waals surface area contributed by atoms with Gasteiger partial charge in [-0.05, 0) is 13.0 Å². The smallest absolute Gasteiger partial charge is 0.213 e. The summed E-state index contributed by atoms with van der Waals surface area (Å²) in [7, 11) is -1.59. The Morgan fingerprint density at radius 1 is 1.26 bits per heavy atom. The van der Waals surface area contributed by atoms with Gasteiger partial charge in [-0.25, -0.2) is 8.42 Å². The summed E-state index contributed by atoms with van der Waals surface area (Å²) in [6.45, 7) is 1.93. The lowest BCUT2D eigenvalue weighted by Crippen LogP contribution is -2.27. The van der Waals surface area contributed by atoms with Gasteiger partial charge in [0.05, 0.1) is 23.7 Å². The third kappa shape index (κ3) is 3.21. The highest BCUT2D eigenvalue weighted by Crippen LogP contribution is 2.17. The van der Waals surface area contributed by atoms with Crippen LogP contribution in [-0.4, -0.2) is 35.7 Å². The lowest BCUT2D eigenvalue weighted by molar-refractivity contribution is 0.463. The van der Waals surface area contributed by atoms with Gasteiger partial charge in [0.1, 0.15) is 0 Å². The van der Waals surface area contributed by atoms with Gasteiger partial charge in [-0.3, -0.25) is 5.10 Å². The molecule has 0 fully saturated rings. The van der Waals surface area contributed by atoms with Crippen LogP contribution in [0.5, 0.6) is 0 Å². The summed E-state index contributed by atoms with van der Waals surface area (Å²) in [4.78, 5) is 0. The maximum Gasteiger partial charge on any atom is 0.213 e. The van der Waals surface area contributed by atoms with Crippen molar-refractivity contribution in [2.45, 2.75) is 13.5 Å². The molecule has 1 heterocycles. The van der Waals surface area contributed by atoms with E-state index in [-0.39, 0.29) is 5.75 Å². The van der Waals surface area contributed by atoms with E-state index < -0.39 is 10.0 Å². The number of nitrogens with one attached hydrogen (secondary N) is 1. The van der Waals surface area contributed by atoms with Crippen molar-refractivity contribution in [1.29, 1.82) is 0 Å². The molecule has 0 aliphatic heterocycles. The van der Waals surface area contributed by atoms with Gasteiger partial charge in [0.25, 0.3) is 0 Å². The molecule has 0 saturated carbocycles. The van der Waals surface area contributed by atoms with E-state index >= 15 is 0 Å². The first-order chi connectivity index (χ1) is 9.03. The normalized spacial score (nSPS) is 11.9. The number of benzene rings is 1. The second-order valence-corrected chi connectivity index (χ2v) is 6.67. The Balaban J connectivity index is 2.15. The molecule has 2 aromatic rings. The first-order valence-electron chi connectivity index (χ1n) is 6.06. The van der Waals surface area contributed by atoms with Crippen LogP contribution in [0.1, 0.15) is 12.6 Å². The van der Waals surface area contributed by atoms with Crippen molar-refractivity contribution in [2.24, 2.45) is 0 Å². The predicted molar refractivity (Wildman–Crippen MR) is 75.0 cm³/mol. The van der Waals surface area contributed by atoms with Gasteiger partial charge in [-0.2, -0.15) is 9.40 Å². The second-order valence-electron chi connectivity index (χ2n) is 4.30. The molecular weight excluding hydrogens is 262 g/mol. The summed E-state index contributed by atoms with van der Waals surface area (Å²) in [6, 6.07) is 11.6. The summed E-state index contributed by atoms with van der Waals surface area (Å²) >= 11 is 0. The Morgan fingerprint density at radius 3 is 2.58 bits per heavy atom. The number of nitrogens with zero attached hydrogens (tertiary/aromatic N) is 2. The lowest BCUT2D eigenvalue weighted by Gasteiger charge is -2.14. The average molecular weight is 279 g/mol. The van der Waals surface area contributed by atoms with Crippen LogP contribution in [0.25, 0.3) is 11.3 Å². The standard InChI is InChI=1S/C13H17N3O2S/c1-3-19(17,18)16(2)10-12-9-13(15-14-12)11-7-5-4-6-8-11/h4-9H,3,10H2,1-2H3,(H,14,15). The van der Waals surface area contributed by atoms with Gasteiger partial charge in [0, 0.05) is 12.6 Å². The number of sulfonamides is 1. The van der Waals surface area contributed by atoms with E-state index in [1.165, 1.54) is 4.31 Å². The zero-order valence-electron chi connectivity index (χ0n) is 11.0. The topological polar surface area (TPSA) is 66.1 Å². The Labute approximate surface area is 113 Å². The number of aromatic amines is 1. The highest BCUT2D eigenvalue weighted by Gasteiger charge is 2.16. The van der Waals surface area contributed by atoms with Crippen molar-refractivity contribution in [3.05, 3.63) is 42.1 Å². The minimum atomic E-state index is -3.17. The van der Waals surface area contributed by atoms with E-state index in [0.717, 1.165) is 17.0 Å². The molecule has 0 spiro atoms. The van der Waals surface area contributed by atoms with Crippen LogP contribution in [0, 0.1) is 0 Å². The first-order valence-corrected chi connectivity index (χ1v) is 7.67. The quantitative estimate of drug-likeness (QED) is 0.908. The minimum absolute atomic E-state index is 0.100. The second kappa shape index (κ2) is 5.54. The van der Waals surface area contributed by atoms with Gasteiger partial charge >= 0.3 is 0 Å². The first kappa shape index (κ1) is 13.8. The fourth-order valence-electron chi connectivity index (χ4n) is 1.76. The molecule has 1 N–H and O–H groups in total. The number of hydrogen-bond acceptors (Lipinski definition) is 3. The molecule has 1 aromatic heterocycles. The van der Waals surface area contributed by atoms with Crippen molar-refractivity contribution in [1.82, 2.24) is 14.5 Å². The molecule has 0 saturated heterocycles. The van der Waals surface area contributed by atoms with E-state index in [2.05, 4.69) is 10.2 Å². The summed E-state index contributed by atoms with van der Waals surface area (Å²) in [6.07, 6.45) is 0. The van der Waals surface area contributed by atoms with Crippen molar-refractivity contribution >= 4 is 10.0 Å². The molecule has 0 unspecified atom stereocenters. The molecule has 5 nitrogen and oxygen atoms in total. The maximum atomic E-state index is 11.7. The molecule has 1 aromatic carbocycles. The minimum Gasteiger partial charge on any atom is -0.281 e. The molecule has 0 amide bonds. The fourth-order valence-corrected chi connectivity index (χ4v) is 2.53. The summed E-state index contributed by atoms with van der Waals surface area (Å²) in [5, 5.41) is 7.08. The SMILES string of the molecule is CCS(=O)(=O)N(C)Cc1cc(-c2ccccc2)n[nH]1. The Morgan fingerprint density at radius 2 is 1.95 bits per heavy atom. The van der Waals surface area contributed by atoms with Gasteiger partial charge < -0.3 is 0 Å². The lowest BCUT2D eigenvalue weighted by atomic mass is 10.1. The van der Waals surface area contributed by atoms with Gasteiger partial charge in [0.15, 0.2) is 0 Å². The maximum absolute atomic E-state index is 11.7. The zero-order valence-corrected chi connectivity index (χ0v) is 11.8. The van der Waals surface area contributed by atoms with Crippen LogP contribution in [0.2, 0.25) is 0 Å². The molecule has 2 rings (SSSR count). The van der Waals surface area contributed by atoms with Gasteiger partial charge in [-0.1, -0.05) is 30.3 Å². The van der Waals surface area contributed by atoms with Crippen molar-refractivity contribution in [3.63, 3.8) is 0 Å². The van der Waals surface area contributed by atoms with Crippen LogP contribution < -0.4 is 0 Å². The number of rotatable bonds is 5. The molecule has 6 heteroatoms. The van der Waals surface area contributed by atoms with Crippen molar-refractivity contribution < 1.29 is 8.42 Å². The van der Waals surface area contributed by atoms with Gasteiger partial charge in [-0.15, -0.1) is 0 Å². The van der Waals surface area contributed by atoms with Crippen LogP contribution in [0.15, 0.2) is 36.4 Å². The molecular formula is C13H17N3O2S. The molecule has 102 valence electrons. The Kier molecular flexibility index (Phi) is 4.01. The summed E-state index contributed by atoms with van der Waals surface area (Å²) < 4.78 is 24.7. The highest BCUT2D eigenvalue weighted by molar-refractivity contribution is 7.89. The van der Waals surface area contributed by atoms with Crippen molar-refractivity contribution in [3.8, 4) is 11.3 Å². The highest BCUT2D eigenvalue weighted by atomic mass is 32.2. The number of aromatic nitrogens is 2. The average Bonchev–Trinajstić information content (AvgIpc) is 2.88. The summed E-state index contributed by atoms with van der Waals surface area (Å²) in [5.74, 6) is 0.100. The molecule has 0 radical (unpaired) electrons. The third-order valence-corrected chi connectivity index (χ3v) is 4.74. The number of H-pyrrole nitrogens is 1. The number of hydrogen-bond donors (Lipinski definition) is 1. The zero-order chi connectivity index (χ0) is 13.9. The predicted octanol–water partition coefficient (Wildman–Crippen LogP) is 1.86. The van der Waals surface area contributed by atoms with Crippen LogP contribution in [0.4, 0.5) is 0 Å². The Bertz CT molecular complexity index is 635. The molecule has 0 atom stereocenters. The molecule has 0 bridgehead atoms. The van der Waals surface area contributed by atoms with E-state index in [4.69, 9.17) is 0 Å². The Hall–Kier alpha value is -1.66. The third-order valence-electron chi connectivity index (χ3n) is 2.93. The molecule has 19 heavy (non-hydrogen) atoms. The summed E-state index contributed by atoms with van der Waals surface area (Å²) in [5.41, 5.74) is 2.60. The van der Waals surface area contributed by atoms with E-state index in [9.17, 15) is 8.42 Å². The van der Waals surface area contributed by atoms with E-state index in [0.29, 0.717) is 6.54 Å².